The number of anilines is 1. The summed E-state index contributed by atoms with van der Waals surface area (Å²) in [6.07, 6.45) is 3.78. The third-order valence-corrected chi connectivity index (χ3v) is 6.78. The van der Waals surface area contributed by atoms with Gasteiger partial charge in [0.2, 0.25) is 5.91 Å². The lowest BCUT2D eigenvalue weighted by Gasteiger charge is -2.57. The molecule has 3 aliphatic rings. The quantitative estimate of drug-likeness (QED) is 0.732. The lowest BCUT2D eigenvalue weighted by Crippen LogP contribution is -2.67. The Balaban J connectivity index is 1.56. The summed E-state index contributed by atoms with van der Waals surface area (Å²) in [6, 6.07) is 2.29. The highest BCUT2D eigenvalue weighted by Gasteiger charge is 2.55. The maximum absolute atomic E-state index is 13.2. The van der Waals surface area contributed by atoms with Gasteiger partial charge in [0.15, 0.2) is 0 Å². The number of fused-ring (bicyclic) bond motifs is 1. The number of hydrogen-bond donors (Lipinski definition) is 0. The van der Waals surface area contributed by atoms with Gasteiger partial charge in [0, 0.05) is 35.3 Å². The van der Waals surface area contributed by atoms with Crippen molar-refractivity contribution in [3.8, 4) is 0 Å². The summed E-state index contributed by atoms with van der Waals surface area (Å²) in [4.78, 5) is 22.3. The SMILES string of the molecule is CC1(C)CN([C@]2(C)C[C@H](N3C(=O)C(C)(C)c4ncc(Br)cc43)C2)CCO1. The second kappa shape index (κ2) is 5.76. The van der Waals surface area contributed by atoms with Crippen molar-refractivity contribution in [2.24, 2.45) is 0 Å². The monoisotopic (exact) mass is 421 g/mol. The van der Waals surface area contributed by atoms with Crippen LogP contribution in [0, 0.1) is 0 Å². The lowest BCUT2D eigenvalue weighted by atomic mass is 9.71. The van der Waals surface area contributed by atoms with Crippen molar-refractivity contribution in [1.29, 1.82) is 0 Å². The molecule has 2 aliphatic heterocycles. The van der Waals surface area contributed by atoms with Crippen LogP contribution in [0.25, 0.3) is 0 Å². The Kier molecular flexibility index (Phi) is 4.07. The minimum absolute atomic E-state index is 0.0980. The molecule has 0 bridgehead atoms. The second-order valence-electron chi connectivity index (χ2n) is 9.41. The van der Waals surface area contributed by atoms with E-state index in [0.717, 1.165) is 48.4 Å². The van der Waals surface area contributed by atoms with E-state index < -0.39 is 5.41 Å². The standard InChI is InChI=1S/C20H28BrN3O2/c1-18(2)12-23(6-7-26-18)20(5)9-14(10-20)24-15-8-13(21)11-22-16(15)19(3,4)17(24)25/h8,11,14H,6-7,9-10,12H2,1-5H3/t14-,20+. The van der Waals surface area contributed by atoms with Crippen LogP contribution >= 0.6 is 15.9 Å². The number of ether oxygens (including phenoxy) is 1. The molecule has 1 aromatic rings. The van der Waals surface area contributed by atoms with E-state index >= 15 is 0 Å². The molecule has 1 amide bonds. The van der Waals surface area contributed by atoms with E-state index in [4.69, 9.17) is 4.74 Å². The van der Waals surface area contributed by atoms with E-state index in [2.05, 4.69) is 46.6 Å². The fourth-order valence-electron chi connectivity index (χ4n) is 4.84. The van der Waals surface area contributed by atoms with Crippen LogP contribution in [0.15, 0.2) is 16.7 Å². The lowest BCUT2D eigenvalue weighted by molar-refractivity contribution is -0.135. The average Bonchev–Trinajstić information content (AvgIpc) is 2.70. The molecule has 2 fully saturated rings. The zero-order valence-electron chi connectivity index (χ0n) is 16.3. The first-order valence-electron chi connectivity index (χ1n) is 9.42. The summed E-state index contributed by atoms with van der Waals surface area (Å²) >= 11 is 3.51. The van der Waals surface area contributed by atoms with Gasteiger partial charge in [-0.2, -0.15) is 0 Å². The van der Waals surface area contributed by atoms with E-state index in [1.807, 2.05) is 24.8 Å². The number of pyridine rings is 1. The van der Waals surface area contributed by atoms with Crippen LogP contribution in [0.3, 0.4) is 0 Å². The number of amides is 1. The van der Waals surface area contributed by atoms with E-state index in [0.29, 0.717) is 0 Å². The topological polar surface area (TPSA) is 45.7 Å². The van der Waals surface area contributed by atoms with Crippen LogP contribution < -0.4 is 4.90 Å². The van der Waals surface area contributed by atoms with Crippen LogP contribution in [0.2, 0.25) is 0 Å². The third kappa shape index (κ3) is 2.72. The molecule has 0 atom stereocenters. The number of morpholine rings is 1. The van der Waals surface area contributed by atoms with Crippen molar-refractivity contribution in [1.82, 2.24) is 9.88 Å². The fraction of sp³-hybridized carbons (Fsp3) is 0.700. The van der Waals surface area contributed by atoms with Crippen LogP contribution in [-0.2, 0) is 14.9 Å². The minimum atomic E-state index is -0.553. The first-order valence-corrected chi connectivity index (χ1v) is 10.2. The first kappa shape index (κ1) is 18.4. The van der Waals surface area contributed by atoms with Gasteiger partial charge in [0.25, 0.3) is 0 Å². The van der Waals surface area contributed by atoms with Crippen LogP contribution in [-0.4, -0.2) is 52.7 Å². The molecule has 0 spiro atoms. The Labute approximate surface area is 164 Å². The molecule has 6 heteroatoms. The van der Waals surface area contributed by atoms with Gasteiger partial charge in [-0.05, 0) is 69.5 Å². The molecular weight excluding hydrogens is 394 g/mol. The molecule has 1 saturated carbocycles. The molecule has 0 unspecified atom stereocenters. The molecule has 0 aromatic carbocycles. The maximum atomic E-state index is 13.2. The third-order valence-electron chi connectivity index (χ3n) is 6.34. The molecule has 1 aliphatic carbocycles. The van der Waals surface area contributed by atoms with Crippen molar-refractivity contribution in [3.05, 3.63) is 22.4 Å². The van der Waals surface area contributed by atoms with Gasteiger partial charge >= 0.3 is 0 Å². The zero-order chi connectivity index (χ0) is 18.9. The van der Waals surface area contributed by atoms with E-state index in [1.54, 1.807) is 6.20 Å². The van der Waals surface area contributed by atoms with Gasteiger partial charge in [-0.3, -0.25) is 14.7 Å². The highest BCUT2D eigenvalue weighted by atomic mass is 79.9. The van der Waals surface area contributed by atoms with Gasteiger partial charge in [0.05, 0.1) is 29.0 Å². The molecule has 5 nitrogen and oxygen atoms in total. The maximum Gasteiger partial charge on any atom is 0.239 e. The smallest absolute Gasteiger partial charge is 0.239 e. The summed E-state index contributed by atoms with van der Waals surface area (Å²) in [5, 5.41) is 0. The van der Waals surface area contributed by atoms with Gasteiger partial charge in [0.1, 0.15) is 0 Å². The zero-order valence-corrected chi connectivity index (χ0v) is 17.9. The molecule has 0 N–H and O–H groups in total. The van der Waals surface area contributed by atoms with Crippen molar-refractivity contribution >= 4 is 27.5 Å². The Morgan fingerprint density at radius 3 is 2.58 bits per heavy atom. The number of hydrogen-bond acceptors (Lipinski definition) is 4. The van der Waals surface area contributed by atoms with Crippen LogP contribution in [0.5, 0.6) is 0 Å². The summed E-state index contributed by atoms with van der Waals surface area (Å²) in [6.45, 7) is 13.3. The Bertz CT molecular complexity index is 755. The minimum Gasteiger partial charge on any atom is -0.373 e. The number of halogens is 1. The number of rotatable bonds is 2. The molecule has 26 heavy (non-hydrogen) atoms. The highest BCUT2D eigenvalue weighted by molar-refractivity contribution is 9.10. The fourth-order valence-corrected chi connectivity index (χ4v) is 5.16. The predicted octanol–water partition coefficient (Wildman–Crippen LogP) is 3.50. The van der Waals surface area contributed by atoms with Gasteiger partial charge in [-0.1, -0.05) is 0 Å². The van der Waals surface area contributed by atoms with Crippen molar-refractivity contribution < 1.29 is 9.53 Å². The number of nitrogens with zero attached hydrogens (tertiary/aromatic N) is 3. The largest absolute Gasteiger partial charge is 0.373 e. The molecule has 0 radical (unpaired) electrons. The van der Waals surface area contributed by atoms with Crippen molar-refractivity contribution in [2.45, 2.75) is 70.1 Å². The Hall–Kier alpha value is -0.980. The molecule has 4 rings (SSSR count). The number of aromatic nitrogens is 1. The highest BCUT2D eigenvalue weighted by Crippen LogP contribution is 2.49. The van der Waals surface area contributed by atoms with Gasteiger partial charge in [-0.25, -0.2) is 0 Å². The van der Waals surface area contributed by atoms with Crippen LogP contribution in [0.4, 0.5) is 5.69 Å². The Morgan fingerprint density at radius 2 is 1.92 bits per heavy atom. The summed E-state index contributed by atoms with van der Waals surface area (Å²) < 4.78 is 6.79. The average molecular weight is 422 g/mol. The van der Waals surface area contributed by atoms with E-state index in [1.165, 1.54) is 0 Å². The molecule has 1 aromatic heterocycles. The molecular formula is C20H28BrN3O2. The predicted molar refractivity (Wildman–Crippen MR) is 105 cm³/mol. The molecule has 1 saturated heterocycles. The number of carbonyl (C=O) groups is 1. The summed E-state index contributed by atoms with van der Waals surface area (Å²) in [7, 11) is 0. The van der Waals surface area contributed by atoms with E-state index in [9.17, 15) is 4.79 Å². The molecule has 142 valence electrons. The number of carbonyl (C=O) groups excluding carboxylic acids is 1. The normalized spacial score (nSPS) is 33.1. The summed E-state index contributed by atoms with van der Waals surface area (Å²) in [5.74, 6) is 0.174. The second-order valence-corrected chi connectivity index (χ2v) is 10.3. The van der Waals surface area contributed by atoms with Gasteiger partial charge < -0.3 is 9.64 Å². The first-order chi connectivity index (χ1) is 12.0. The van der Waals surface area contributed by atoms with Crippen molar-refractivity contribution in [3.63, 3.8) is 0 Å². The van der Waals surface area contributed by atoms with E-state index in [-0.39, 0.29) is 23.1 Å². The summed E-state index contributed by atoms with van der Waals surface area (Å²) in [5.41, 5.74) is 1.36. The van der Waals surface area contributed by atoms with Crippen molar-refractivity contribution in [2.75, 3.05) is 24.6 Å². The van der Waals surface area contributed by atoms with Gasteiger partial charge in [-0.15, -0.1) is 0 Å². The van der Waals surface area contributed by atoms with Crippen LogP contribution in [0.1, 0.15) is 53.2 Å². The molecule has 3 heterocycles. The Morgan fingerprint density at radius 1 is 1.23 bits per heavy atom.